The van der Waals surface area contributed by atoms with E-state index >= 15 is 0 Å². The van der Waals surface area contributed by atoms with Gasteiger partial charge in [0.2, 0.25) is 15.9 Å². The highest BCUT2D eigenvalue weighted by Crippen LogP contribution is 2.27. The molecule has 0 heterocycles. The predicted octanol–water partition coefficient (Wildman–Crippen LogP) is 6.36. The second-order valence-electron chi connectivity index (χ2n) is 9.45. The van der Waals surface area contributed by atoms with Crippen molar-refractivity contribution in [2.75, 3.05) is 6.54 Å². The van der Waals surface area contributed by atoms with E-state index in [-0.39, 0.29) is 18.0 Å². The van der Waals surface area contributed by atoms with Gasteiger partial charge < -0.3 is 5.32 Å². The number of sulfonamides is 1. The molecular weight excluding hydrogens is 516 g/mol. The molecule has 4 aromatic rings. The topological polar surface area (TPSA) is 66.5 Å². The van der Waals surface area contributed by atoms with E-state index in [0.717, 1.165) is 22.3 Å². The normalized spacial score (nSPS) is 11.6. The van der Waals surface area contributed by atoms with Crippen molar-refractivity contribution in [1.82, 2.24) is 9.62 Å². The second-order valence-corrected chi connectivity index (χ2v) is 11.8. The van der Waals surface area contributed by atoms with Crippen LogP contribution < -0.4 is 5.32 Å². The van der Waals surface area contributed by atoms with Gasteiger partial charge in [0.05, 0.1) is 17.5 Å². The zero-order valence-electron chi connectivity index (χ0n) is 21.7. The Morgan fingerprint density at radius 1 is 0.816 bits per heavy atom. The fourth-order valence-electron chi connectivity index (χ4n) is 4.74. The van der Waals surface area contributed by atoms with Gasteiger partial charge in [-0.05, 0) is 60.7 Å². The smallest absolute Gasteiger partial charge is 0.244 e. The van der Waals surface area contributed by atoms with Crippen LogP contribution in [0.2, 0.25) is 5.02 Å². The van der Waals surface area contributed by atoms with Crippen LogP contribution in [0, 0.1) is 20.8 Å². The molecule has 1 amide bonds. The molecule has 0 radical (unpaired) electrons. The molecule has 0 aliphatic rings. The van der Waals surface area contributed by atoms with Crippen LogP contribution in [0.3, 0.4) is 0 Å². The van der Waals surface area contributed by atoms with E-state index < -0.39 is 22.0 Å². The van der Waals surface area contributed by atoms with Crippen LogP contribution in [-0.2, 0) is 21.4 Å². The summed E-state index contributed by atoms with van der Waals surface area (Å²) < 4.78 is 29.3. The van der Waals surface area contributed by atoms with Gasteiger partial charge >= 0.3 is 0 Å². The summed E-state index contributed by atoms with van der Waals surface area (Å²) in [7, 11) is -4.01. The summed E-state index contributed by atoms with van der Waals surface area (Å²) in [4.78, 5) is 13.7. The van der Waals surface area contributed by atoms with Gasteiger partial charge in [-0.25, -0.2) is 8.42 Å². The number of rotatable bonds is 9. The molecule has 0 aliphatic carbocycles. The Kier molecular flexibility index (Phi) is 8.67. The molecular formula is C31H31ClN2O3S. The quantitative estimate of drug-likeness (QED) is 0.265. The van der Waals surface area contributed by atoms with Crippen molar-refractivity contribution in [3.05, 3.63) is 135 Å². The van der Waals surface area contributed by atoms with E-state index in [1.165, 1.54) is 4.31 Å². The van der Waals surface area contributed by atoms with Crippen molar-refractivity contribution in [3.63, 3.8) is 0 Å². The van der Waals surface area contributed by atoms with Gasteiger partial charge in [0.15, 0.2) is 0 Å². The first-order valence-electron chi connectivity index (χ1n) is 12.4. The molecule has 0 aliphatic heterocycles. The molecule has 7 heteroatoms. The average molecular weight is 547 g/mol. The first-order chi connectivity index (χ1) is 18.1. The van der Waals surface area contributed by atoms with Crippen molar-refractivity contribution in [2.24, 2.45) is 0 Å². The molecule has 0 saturated heterocycles. The van der Waals surface area contributed by atoms with E-state index in [1.54, 1.807) is 38.1 Å². The molecule has 0 unspecified atom stereocenters. The highest BCUT2D eigenvalue weighted by Gasteiger charge is 2.31. The van der Waals surface area contributed by atoms with E-state index in [4.69, 9.17) is 11.6 Å². The maximum atomic E-state index is 14.0. The molecule has 5 nitrogen and oxygen atoms in total. The first-order valence-corrected chi connectivity index (χ1v) is 14.2. The van der Waals surface area contributed by atoms with Gasteiger partial charge in [-0.15, -0.1) is 0 Å². The van der Waals surface area contributed by atoms with Crippen molar-refractivity contribution in [3.8, 4) is 0 Å². The lowest BCUT2D eigenvalue weighted by atomic mass is 9.99. The van der Waals surface area contributed by atoms with E-state index in [0.29, 0.717) is 16.1 Å². The number of aryl methyl sites for hydroxylation is 3. The zero-order valence-corrected chi connectivity index (χ0v) is 23.3. The number of carbonyl (C=O) groups is 1. The van der Waals surface area contributed by atoms with Crippen LogP contribution >= 0.6 is 11.6 Å². The molecule has 0 saturated carbocycles. The summed E-state index contributed by atoms with van der Waals surface area (Å²) in [6.07, 6.45) is 0. The summed E-state index contributed by atoms with van der Waals surface area (Å²) in [5.74, 6) is -0.400. The Hall–Kier alpha value is -3.45. The molecule has 0 spiro atoms. The Morgan fingerprint density at radius 3 is 1.82 bits per heavy atom. The maximum absolute atomic E-state index is 14.0. The molecule has 0 atom stereocenters. The maximum Gasteiger partial charge on any atom is 0.244 e. The summed E-state index contributed by atoms with van der Waals surface area (Å²) >= 11 is 6.05. The highest BCUT2D eigenvalue weighted by molar-refractivity contribution is 7.89. The highest BCUT2D eigenvalue weighted by atomic mass is 35.5. The van der Waals surface area contributed by atoms with Gasteiger partial charge in [-0.3, -0.25) is 4.79 Å². The van der Waals surface area contributed by atoms with Crippen LogP contribution in [0.15, 0.2) is 102 Å². The summed E-state index contributed by atoms with van der Waals surface area (Å²) in [5, 5.41) is 3.63. The number of hydrogen-bond donors (Lipinski definition) is 1. The SMILES string of the molecule is Cc1cc(C)c(S(=O)(=O)N(CC(=O)NC(c2ccccc2)c2ccccc2)Cc2ccc(Cl)cc2)c(C)c1. The summed E-state index contributed by atoms with van der Waals surface area (Å²) in [6, 6.07) is 29.5. The lowest BCUT2D eigenvalue weighted by molar-refractivity contribution is -0.121. The number of benzene rings is 4. The van der Waals surface area contributed by atoms with Gasteiger partial charge in [-0.1, -0.05) is 102 Å². The first kappa shape index (κ1) is 27.6. The lowest BCUT2D eigenvalue weighted by Crippen LogP contribution is -2.42. The molecule has 4 aromatic carbocycles. The fraction of sp³-hybridized carbons (Fsp3) is 0.194. The standard InChI is InChI=1S/C31H31ClN2O3S/c1-22-18-23(2)31(24(3)19-22)38(36,37)34(20-25-14-16-28(32)17-15-25)21-29(35)33-30(26-10-6-4-7-11-26)27-12-8-5-9-13-27/h4-19,30H,20-21H2,1-3H3,(H,33,35). The number of nitrogens with one attached hydrogen (secondary N) is 1. The van der Waals surface area contributed by atoms with Crippen molar-refractivity contribution < 1.29 is 13.2 Å². The van der Waals surface area contributed by atoms with Crippen LogP contribution in [0.25, 0.3) is 0 Å². The Labute approximate surface area is 230 Å². The number of carbonyl (C=O) groups excluding carboxylic acids is 1. The molecule has 4 rings (SSSR count). The summed E-state index contributed by atoms with van der Waals surface area (Å²) in [5.41, 5.74) is 4.82. The van der Waals surface area contributed by atoms with E-state index in [1.807, 2.05) is 79.7 Å². The number of halogens is 1. The average Bonchev–Trinajstić information content (AvgIpc) is 2.88. The van der Waals surface area contributed by atoms with Crippen LogP contribution in [-0.4, -0.2) is 25.2 Å². The monoisotopic (exact) mass is 546 g/mol. The van der Waals surface area contributed by atoms with Crippen LogP contribution in [0.4, 0.5) is 0 Å². The van der Waals surface area contributed by atoms with Crippen molar-refractivity contribution >= 4 is 27.5 Å². The van der Waals surface area contributed by atoms with Crippen LogP contribution in [0.1, 0.15) is 39.4 Å². The third kappa shape index (κ3) is 6.51. The largest absolute Gasteiger partial charge is 0.344 e. The second kappa shape index (κ2) is 11.9. The van der Waals surface area contributed by atoms with Gasteiger partial charge in [0.1, 0.15) is 0 Å². The van der Waals surface area contributed by atoms with E-state index in [2.05, 4.69) is 5.32 Å². The minimum Gasteiger partial charge on any atom is -0.344 e. The Bertz CT molecular complexity index is 1440. The Balaban J connectivity index is 1.69. The number of nitrogens with zero attached hydrogens (tertiary/aromatic N) is 1. The predicted molar refractivity (Wildman–Crippen MR) is 153 cm³/mol. The lowest BCUT2D eigenvalue weighted by Gasteiger charge is -2.26. The van der Waals surface area contributed by atoms with Crippen molar-refractivity contribution in [2.45, 2.75) is 38.3 Å². The van der Waals surface area contributed by atoms with Gasteiger partial charge in [0.25, 0.3) is 0 Å². The van der Waals surface area contributed by atoms with Gasteiger partial charge in [-0.2, -0.15) is 4.31 Å². The van der Waals surface area contributed by atoms with Gasteiger partial charge in [0, 0.05) is 11.6 Å². The van der Waals surface area contributed by atoms with E-state index in [9.17, 15) is 13.2 Å². The molecule has 0 aromatic heterocycles. The number of amides is 1. The molecule has 38 heavy (non-hydrogen) atoms. The zero-order chi connectivity index (χ0) is 27.3. The Morgan fingerprint density at radius 2 is 1.32 bits per heavy atom. The van der Waals surface area contributed by atoms with Crippen LogP contribution in [0.5, 0.6) is 0 Å². The third-order valence-corrected chi connectivity index (χ3v) is 8.72. The molecule has 196 valence electrons. The molecule has 1 N–H and O–H groups in total. The minimum absolute atomic E-state index is 0.0288. The fourth-order valence-corrected chi connectivity index (χ4v) is 6.66. The summed E-state index contributed by atoms with van der Waals surface area (Å²) in [6.45, 7) is 5.19. The van der Waals surface area contributed by atoms with Crippen molar-refractivity contribution in [1.29, 1.82) is 0 Å². The molecule has 0 bridgehead atoms. The third-order valence-electron chi connectivity index (χ3n) is 6.37. The molecule has 0 fully saturated rings. The number of hydrogen-bond acceptors (Lipinski definition) is 3. The minimum atomic E-state index is -4.01.